The number of carbonyl (C=O) groups excluding carboxylic acids is 1. The minimum absolute atomic E-state index is 0.0696. The molecule has 1 N–H and O–H groups in total. The molecule has 0 radical (unpaired) electrons. The highest BCUT2D eigenvalue weighted by atomic mass is 16.7. The number of carboxylic acid groups (broad SMARTS) is 1. The monoisotopic (exact) mass is 568 g/mol. The van der Waals surface area contributed by atoms with E-state index in [4.69, 9.17) is 9.47 Å². The number of carbonyl (C=O) groups is 2. The number of aromatic nitrogens is 2. The van der Waals surface area contributed by atoms with Crippen LogP contribution in [-0.2, 0) is 16.0 Å². The summed E-state index contributed by atoms with van der Waals surface area (Å²) in [5.41, 5.74) is 0.890. The summed E-state index contributed by atoms with van der Waals surface area (Å²) in [6, 6.07) is 7.11. The minimum Gasteiger partial charge on any atom is -0.481 e. The van der Waals surface area contributed by atoms with Crippen LogP contribution in [0.2, 0.25) is 0 Å². The van der Waals surface area contributed by atoms with Crippen molar-refractivity contribution in [3.05, 3.63) is 48.0 Å². The highest BCUT2D eigenvalue weighted by Gasteiger charge is 2.47. The van der Waals surface area contributed by atoms with Crippen molar-refractivity contribution >= 4 is 11.9 Å². The van der Waals surface area contributed by atoms with Crippen molar-refractivity contribution in [2.75, 3.05) is 60.7 Å². The first-order valence-electron chi connectivity index (χ1n) is 14.9. The molecule has 41 heavy (non-hydrogen) atoms. The molecule has 2 aliphatic rings. The number of aryl methyl sites for hydroxylation is 1. The van der Waals surface area contributed by atoms with Crippen LogP contribution >= 0.6 is 0 Å². The fourth-order valence-electron chi connectivity index (χ4n) is 5.94. The Labute approximate surface area is 243 Å². The molecule has 1 aromatic carbocycles. The largest absolute Gasteiger partial charge is 0.481 e. The number of benzene rings is 1. The summed E-state index contributed by atoms with van der Waals surface area (Å²) in [5.74, 6) is 0.224. The fraction of sp³-hybridized carbons (Fsp3) is 0.613. The molecule has 4 rings (SSSR count). The van der Waals surface area contributed by atoms with E-state index in [0.29, 0.717) is 36.7 Å². The van der Waals surface area contributed by atoms with Gasteiger partial charge in [-0.3, -0.25) is 14.5 Å². The molecule has 1 fully saturated rings. The maximum atomic E-state index is 13.8. The van der Waals surface area contributed by atoms with Gasteiger partial charge in [0.2, 0.25) is 12.7 Å². The number of aliphatic carboxylic acids is 1. The van der Waals surface area contributed by atoms with E-state index in [9.17, 15) is 14.7 Å². The van der Waals surface area contributed by atoms with Gasteiger partial charge in [-0.2, -0.15) is 0 Å². The number of likely N-dealkylation sites (tertiary alicyclic amines) is 1. The molecule has 0 bridgehead atoms. The van der Waals surface area contributed by atoms with Crippen LogP contribution in [0, 0.1) is 5.92 Å². The molecule has 3 heterocycles. The number of fused-ring (bicyclic) bond motifs is 1. The van der Waals surface area contributed by atoms with Gasteiger partial charge in [0.15, 0.2) is 11.5 Å². The average Bonchev–Trinajstić information content (AvgIpc) is 3.55. The van der Waals surface area contributed by atoms with E-state index in [1.54, 1.807) is 18.5 Å². The number of quaternary nitrogens is 1. The van der Waals surface area contributed by atoms with Crippen LogP contribution in [0.5, 0.6) is 11.5 Å². The lowest BCUT2D eigenvalue weighted by molar-refractivity contribution is -0.870. The molecule has 2 aliphatic heterocycles. The van der Waals surface area contributed by atoms with Crippen molar-refractivity contribution in [3.8, 4) is 11.5 Å². The maximum absolute atomic E-state index is 13.8. The van der Waals surface area contributed by atoms with Crippen molar-refractivity contribution in [2.24, 2.45) is 5.92 Å². The first-order chi connectivity index (χ1) is 19.7. The normalized spacial score (nSPS) is 20.3. The number of nitrogens with zero attached hydrogens (tertiary/aromatic N) is 5. The summed E-state index contributed by atoms with van der Waals surface area (Å²) in [4.78, 5) is 39.3. The number of hydrogen-bond acceptors (Lipinski definition) is 7. The van der Waals surface area contributed by atoms with Crippen molar-refractivity contribution in [1.29, 1.82) is 0 Å². The molecule has 0 aliphatic carbocycles. The second-order valence-corrected chi connectivity index (χ2v) is 12.2. The Hall–Kier alpha value is -3.24. The van der Waals surface area contributed by atoms with E-state index >= 15 is 0 Å². The molecule has 1 amide bonds. The Morgan fingerprint density at radius 1 is 1.07 bits per heavy atom. The summed E-state index contributed by atoms with van der Waals surface area (Å²) in [6.07, 6.45) is 8.46. The molecule has 0 spiro atoms. The third-order valence-electron chi connectivity index (χ3n) is 8.12. The fourth-order valence-corrected chi connectivity index (χ4v) is 5.94. The highest BCUT2D eigenvalue weighted by molar-refractivity contribution is 5.79. The lowest BCUT2D eigenvalue weighted by Crippen LogP contribution is -2.45. The summed E-state index contributed by atoms with van der Waals surface area (Å²) in [7, 11) is 6.55. The van der Waals surface area contributed by atoms with Gasteiger partial charge in [-0.15, -0.1) is 0 Å². The van der Waals surface area contributed by atoms with Crippen LogP contribution in [0.15, 0.2) is 36.7 Å². The van der Waals surface area contributed by atoms with E-state index in [-0.39, 0.29) is 31.2 Å². The second kappa shape index (κ2) is 14.1. The molecule has 224 valence electrons. The van der Waals surface area contributed by atoms with Crippen LogP contribution in [0.1, 0.15) is 56.3 Å². The van der Waals surface area contributed by atoms with E-state index in [0.717, 1.165) is 55.4 Å². The Kier molecular flexibility index (Phi) is 10.6. The lowest BCUT2D eigenvalue weighted by Gasteiger charge is -2.30. The molecule has 10 heteroatoms. The highest BCUT2D eigenvalue weighted by Crippen LogP contribution is 2.43. The predicted octanol–water partition coefficient (Wildman–Crippen LogP) is 3.42. The number of amides is 1. The summed E-state index contributed by atoms with van der Waals surface area (Å²) in [5, 5.41) is 10.5. The maximum Gasteiger partial charge on any atom is 0.308 e. The number of hydrogen-bond donors (Lipinski definition) is 1. The van der Waals surface area contributed by atoms with Crippen LogP contribution in [0.3, 0.4) is 0 Å². The zero-order valence-corrected chi connectivity index (χ0v) is 25.0. The Balaban J connectivity index is 1.54. The van der Waals surface area contributed by atoms with Crippen molar-refractivity contribution in [3.63, 3.8) is 0 Å². The average molecular weight is 569 g/mol. The van der Waals surface area contributed by atoms with E-state index in [2.05, 4.69) is 42.9 Å². The number of ether oxygens (including phenoxy) is 2. The number of rotatable bonds is 15. The molecule has 1 saturated heterocycles. The Bertz CT molecular complexity index is 1160. The van der Waals surface area contributed by atoms with E-state index in [1.807, 2.05) is 23.1 Å². The van der Waals surface area contributed by atoms with Gasteiger partial charge in [-0.25, -0.2) is 9.97 Å². The Morgan fingerprint density at radius 2 is 1.80 bits per heavy atom. The lowest BCUT2D eigenvalue weighted by atomic mass is 9.83. The van der Waals surface area contributed by atoms with Crippen LogP contribution in [-0.4, -0.2) is 108 Å². The molecule has 3 unspecified atom stereocenters. The number of unbranched alkanes of at least 4 members (excludes halogenated alkanes) is 2. The predicted molar refractivity (Wildman–Crippen MR) is 156 cm³/mol. The van der Waals surface area contributed by atoms with Gasteiger partial charge in [0.1, 0.15) is 5.82 Å². The van der Waals surface area contributed by atoms with Crippen molar-refractivity contribution < 1.29 is 28.7 Å². The van der Waals surface area contributed by atoms with Gasteiger partial charge < -0.3 is 24.0 Å². The topological polar surface area (TPSA) is 105 Å². The second-order valence-electron chi connectivity index (χ2n) is 12.2. The first-order valence-corrected chi connectivity index (χ1v) is 14.9. The van der Waals surface area contributed by atoms with Gasteiger partial charge >= 0.3 is 5.97 Å². The third kappa shape index (κ3) is 8.39. The van der Waals surface area contributed by atoms with Gasteiger partial charge in [0.05, 0.1) is 40.2 Å². The van der Waals surface area contributed by atoms with Crippen LogP contribution in [0.4, 0.5) is 0 Å². The van der Waals surface area contributed by atoms with Crippen LogP contribution in [0.25, 0.3) is 0 Å². The molecular formula is C31H46N5O5+. The summed E-state index contributed by atoms with van der Waals surface area (Å²) < 4.78 is 12.0. The first kappa shape index (κ1) is 30.7. The molecule has 1 aromatic heterocycles. The SMILES string of the molecule is CCCCN(CCCC[N+](C)(C)C)C(=O)CN1CC(c2ccc3c(c2)OCO3)C(C(=O)O)C1CCc1ncccn1. The minimum atomic E-state index is -0.857. The van der Waals surface area contributed by atoms with Gasteiger partial charge in [-0.05, 0) is 49.4 Å². The van der Waals surface area contributed by atoms with Gasteiger partial charge in [-0.1, -0.05) is 19.4 Å². The molecular weight excluding hydrogens is 522 g/mol. The van der Waals surface area contributed by atoms with Gasteiger partial charge in [0.25, 0.3) is 0 Å². The zero-order valence-electron chi connectivity index (χ0n) is 25.0. The zero-order chi connectivity index (χ0) is 29.4. The molecule has 3 atom stereocenters. The summed E-state index contributed by atoms with van der Waals surface area (Å²) in [6.45, 7) is 5.48. The molecule has 2 aromatic rings. The summed E-state index contributed by atoms with van der Waals surface area (Å²) >= 11 is 0. The van der Waals surface area contributed by atoms with Crippen LogP contribution < -0.4 is 9.47 Å². The third-order valence-corrected chi connectivity index (χ3v) is 8.12. The van der Waals surface area contributed by atoms with Crippen molar-refractivity contribution in [1.82, 2.24) is 19.8 Å². The molecule has 10 nitrogen and oxygen atoms in total. The quantitative estimate of drug-likeness (QED) is 0.258. The van der Waals surface area contributed by atoms with E-state index in [1.165, 1.54) is 0 Å². The van der Waals surface area contributed by atoms with Gasteiger partial charge in [0, 0.05) is 50.4 Å². The van der Waals surface area contributed by atoms with Crippen molar-refractivity contribution in [2.45, 2.75) is 57.4 Å². The molecule has 0 saturated carbocycles. The van der Waals surface area contributed by atoms with E-state index < -0.39 is 11.9 Å². The standard InChI is InChI=1S/C31H45N5O5/c1-5-6-16-34(17-7-8-18-36(2,3)4)29(37)21-35-20-24(23-10-12-26-27(19-23)41-22-40-26)30(31(38)39)25(35)11-13-28-32-14-9-15-33-28/h9-10,12,14-15,19,24-25,30H,5-8,11,13,16-18,20-22H2,1-4H3/p+1. The number of carboxylic acids is 1. The Morgan fingerprint density at radius 3 is 2.51 bits per heavy atom. The smallest absolute Gasteiger partial charge is 0.308 e.